The van der Waals surface area contributed by atoms with Crippen molar-refractivity contribution in [3.63, 3.8) is 0 Å². The fourth-order valence-corrected chi connectivity index (χ4v) is 7.05. The molecule has 3 saturated heterocycles. The molecule has 0 bridgehead atoms. The second-order valence-corrected chi connectivity index (χ2v) is 12.4. The summed E-state index contributed by atoms with van der Waals surface area (Å²) in [5.41, 5.74) is 3.78. The van der Waals surface area contributed by atoms with Crippen LogP contribution in [-0.2, 0) is 16.6 Å². The van der Waals surface area contributed by atoms with Gasteiger partial charge < -0.3 is 10.2 Å². The van der Waals surface area contributed by atoms with Crippen molar-refractivity contribution < 1.29 is 9.59 Å². The van der Waals surface area contributed by atoms with Gasteiger partial charge in [-0.1, -0.05) is 0 Å². The summed E-state index contributed by atoms with van der Waals surface area (Å²) < 4.78 is 1.88. The van der Waals surface area contributed by atoms with Crippen LogP contribution in [0.15, 0.2) is 18.2 Å². The SMILES string of the molecule is Cn1nc(C2CCC(=O)NC2=O)c2ccc(N3CCN(CC4CCC5(CC4)CNC5)C(C)(C)C3)cc21. The van der Waals surface area contributed by atoms with Gasteiger partial charge in [-0.05, 0) is 75.5 Å². The third kappa shape index (κ3) is 4.22. The van der Waals surface area contributed by atoms with Crippen molar-refractivity contribution in [3.05, 3.63) is 23.9 Å². The number of rotatable bonds is 4. The van der Waals surface area contributed by atoms with Crippen LogP contribution in [0, 0.1) is 11.3 Å². The minimum absolute atomic E-state index is 0.116. The van der Waals surface area contributed by atoms with Crippen LogP contribution < -0.4 is 15.5 Å². The van der Waals surface area contributed by atoms with Gasteiger partial charge in [0.1, 0.15) is 0 Å². The van der Waals surface area contributed by atoms with E-state index >= 15 is 0 Å². The van der Waals surface area contributed by atoms with Crippen molar-refractivity contribution in [3.8, 4) is 0 Å². The number of anilines is 1. The van der Waals surface area contributed by atoms with Crippen LogP contribution in [0.3, 0.4) is 0 Å². The number of fused-ring (bicyclic) bond motifs is 1. The van der Waals surface area contributed by atoms with Gasteiger partial charge in [-0.15, -0.1) is 0 Å². The predicted octanol–water partition coefficient (Wildman–Crippen LogP) is 2.77. The molecule has 1 aliphatic carbocycles. The molecule has 194 valence electrons. The summed E-state index contributed by atoms with van der Waals surface area (Å²) in [5.74, 6) is 0.0442. The lowest BCUT2D eigenvalue weighted by molar-refractivity contribution is -0.134. The molecule has 1 aromatic carbocycles. The molecule has 4 fully saturated rings. The van der Waals surface area contributed by atoms with Crippen molar-refractivity contribution in [1.82, 2.24) is 25.3 Å². The van der Waals surface area contributed by atoms with Crippen molar-refractivity contribution >= 4 is 28.4 Å². The maximum absolute atomic E-state index is 12.5. The molecule has 8 nitrogen and oxygen atoms in total. The maximum Gasteiger partial charge on any atom is 0.235 e. The molecule has 1 aromatic heterocycles. The number of aromatic nitrogens is 2. The van der Waals surface area contributed by atoms with E-state index in [1.807, 2.05) is 11.7 Å². The summed E-state index contributed by atoms with van der Waals surface area (Å²) in [6.07, 6.45) is 6.45. The zero-order chi connectivity index (χ0) is 25.1. The van der Waals surface area contributed by atoms with Crippen LogP contribution in [0.4, 0.5) is 5.69 Å². The van der Waals surface area contributed by atoms with Crippen LogP contribution >= 0.6 is 0 Å². The molecule has 4 heterocycles. The fourth-order valence-electron chi connectivity index (χ4n) is 7.05. The Morgan fingerprint density at radius 2 is 1.86 bits per heavy atom. The number of imide groups is 1. The summed E-state index contributed by atoms with van der Waals surface area (Å²) in [6.45, 7) is 11.6. The minimum atomic E-state index is -0.366. The first-order valence-electron chi connectivity index (χ1n) is 13.7. The largest absolute Gasteiger partial charge is 0.368 e. The summed E-state index contributed by atoms with van der Waals surface area (Å²) in [6, 6.07) is 6.51. The first kappa shape index (κ1) is 23.9. The highest BCUT2D eigenvalue weighted by atomic mass is 16.2. The molecule has 3 aliphatic heterocycles. The molecule has 1 saturated carbocycles. The van der Waals surface area contributed by atoms with Crippen LogP contribution in [0.1, 0.15) is 64.0 Å². The Morgan fingerprint density at radius 3 is 2.53 bits per heavy atom. The number of hydrogen-bond donors (Lipinski definition) is 2. The molecular formula is C28H40N6O2. The monoisotopic (exact) mass is 492 g/mol. The highest BCUT2D eigenvalue weighted by Crippen LogP contribution is 2.42. The average Bonchev–Trinajstić information content (AvgIpc) is 3.15. The number of benzene rings is 1. The number of piperidine rings is 1. The van der Waals surface area contributed by atoms with Crippen LogP contribution in [0.5, 0.6) is 0 Å². The molecule has 36 heavy (non-hydrogen) atoms. The molecule has 2 amide bonds. The lowest BCUT2D eigenvalue weighted by Crippen LogP contribution is -2.61. The number of amides is 2. The Labute approximate surface area is 213 Å². The summed E-state index contributed by atoms with van der Waals surface area (Å²) in [5, 5.41) is 11.7. The molecule has 2 N–H and O–H groups in total. The zero-order valence-corrected chi connectivity index (χ0v) is 22.0. The number of aryl methyl sites for hydroxylation is 1. The highest BCUT2D eigenvalue weighted by molar-refractivity contribution is 6.02. The van der Waals surface area contributed by atoms with Crippen LogP contribution in [0.2, 0.25) is 0 Å². The maximum atomic E-state index is 12.5. The molecule has 8 heteroatoms. The van der Waals surface area contributed by atoms with E-state index in [9.17, 15) is 9.59 Å². The molecule has 4 aliphatic rings. The smallest absolute Gasteiger partial charge is 0.235 e. The molecule has 1 atom stereocenters. The van der Waals surface area contributed by atoms with Gasteiger partial charge >= 0.3 is 0 Å². The lowest BCUT2D eigenvalue weighted by atomic mass is 9.67. The topological polar surface area (TPSA) is 82.5 Å². The fraction of sp³-hybridized carbons (Fsp3) is 0.679. The second-order valence-electron chi connectivity index (χ2n) is 12.4. The van der Waals surface area contributed by atoms with Gasteiger partial charge in [0, 0.05) is 69.3 Å². The van der Waals surface area contributed by atoms with E-state index in [4.69, 9.17) is 5.10 Å². The second kappa shape index (κ2) is 8.84. The summed E-state index contributed by atoms with van der Waals surface area (Å²) in [4.78, 5) is 29.3. The van der Waals surface area contributed by atoms with E-state index in [0.717, 1.165) is 42.1 Å². The van der Waals surface area contributed by atoms with Gasteiger partial charge in [-0.3, -0.25) is 24.5 Å². The first-order valence-corrected chi connectivity index (χ1v) is 13.7. The number of carbonyl (C=O) groups excluding carboxylic acids is 2. The van der Waals surface area contributed by atoms with Crippen molar-refractivity contribution in [1.29, 1.82) is 0 Å². The van der Waals surface area contributed by atoms with Crippen molar-refractivity contribution in [2.75, 3.05) is 44.2 Å². The number of piperazine rings is 1. The Balaban J connectivity index is 1.14. The molecule has 1 spiro atoms. The quantitative estimate of drug-likeness (QED) is 0.639. The standard InChI is InChI=1S/C28H40N6O2/c1-27(2)18-33(12-13-34(27)15-19-8-10-28(11-9-19)16-29-17-28)20-4-5-21-23(14-20)32(3)31-25(21)22-6-7-24(35)30-26(22)36/h4-5,14,19,22,29H,6-13,15-18H2,1-3H3,(H,30,35,36). The van der Waals surface area contributed by atoms with Gasteiger partial charge in [0.15, 0.2) is 0 Å². The van der Waals surface area contributed by atoms with E-state index in [0.29, 0.717) is 18.3 Å². The van der Waals surface area contributed by atoms with E-state index in [1.165, 1.54) is 51.0 Å². The Bertz CT molecular complexity index is 1170. The van der Waals surface area contributed by atoms with E-state index in [-0.39, 0.29) is 23.3 Å². The molecule has 2 aromatic rings. The molecule has 1 unspecified atom stereocenters. The first-order chi connectivity index (χ1) is 17.2. The molecule has 6 rings (SSSR count). The van der Waals surface area contributed by atoms with Gasteiger partial charge in [-0.25, -0.2) is 0 Å². The lowest BCUT2D eigenvalue weighted by Gasteiger charge is -2.51. The molecule has 0 radical (unpaired) electrons. The summed E-state index contributed by atoms with van der Waals surface area (Å²) >= 11 is 0. The number of hydrogen-bond acceptors (Lipinski definition) is 6. The van der Waals surface area contributed by atoms with E-state index in [2.05, 4.69) is 52.5 Å². The normalized spacial score (nSPS) is 26.9. The Hall–Kier alpha value is -2.45. The molecular weight excluding hydrogens is 452 g/mol. The Kier molecular flexibility index (Phi) is 5.87. The number of nitrogens with one attached hydrogen (secondary N) is 2. The van der Waals surface area contributed by atoms with Gasteiger partial charge in [-0.2, -0.15) is 5.10 Å². The van der Waals surface area contributed by atoms with Gasteiger partial charge in [0.2, 0.25) is 11.8 Å². The van der Waals surface area contributed by atoms with Gasteiger partial charge in [0.05, 0.1) is 17.1 Å². The average molecular weight is 493 g/mol. The van der Waals surface area contributed by atoms with Crippen LogP contribution in [0.25, 0.3) is 10.9 Å². The summed E-state index contributed by atoms with van der Waals surface area (Å²) in [7, 11) is 1.94. The van der Waals surface area contributed by atoms with Gasteiger partial charge in [0.25, 0.3) is 0 Å². The Morgan fingerprint density at radius 1 is 1.08 bits per heavy atom. The van der Waals surface area contributed by atoms with Crippen LogP contribution in [-0.4, -0.2) is 71.3 Å². The minimum Gasteiger partial charge on any atom is -0.368 e. The third-order valence-corrected chi connectivity index (χ3v) is 9.52. The highest BCUT2D eigenvalue weighted by Gasteiger charge is 2.42. The van der Waals surface area contributed by atoms with E-state index < -0.39 is 0 Å². The number of nitrogens with zero attached hydrogens (tertiary/aromatic N) is 4. The number of carbonyl (C=O) groups is 2. The third-order valence-electron chi connectivity index (χ3n) is 9.52. The van der Waals surface area contributed by atoms with Crippen molar-refractivity contribution in [2.45, 2.75) is 63.8 Å². The van der Waals surface area contributed by atoms with E-state index in [1.54, 1.807) is 0 Å². The predicted molar refractivity (Wildman–Crippen MR) is 141 cm³/mol. The zero-order valence-electron chi connectivity index (χ0n) is 22.0. The van der Waals surface area contributed by atoms with Crippen molar-refractivity contribution in [2.24, 2.45) is 18.4 Å².